The summed E-state index contributed by atoms with van der Waals surface area (Å²) in [6, 6.07) is 35.6. The first-order chi connectivity index (χ1) is 29.9. The van der Waals surface area contributed by atoms with E-state index in [9.17, 15) is 14.0 Å². The van der Waals surface area contributed by atoms with Crippen molar-refractivity contribution in [3.05, 3.63) is 156 Å². The molecule has 0 spiro atoms. The number of benzene rings is 4. The molecule has 4 aromatic carbocycles. The second kappa shape index (κ2) is 16.9. The highest BCUT2D eigenvalue weighted by atomic mass is 31.2. The van der Waals surface area contributed by atoms with Crippen LogP contribution >= 0.6 is 14.5 Å². The van der Waals surface area contributed by atoms with Crippen molar-refractivity contribution >= 4 is 58.9 Å². The first kappa shape index (κ1) is 40.5. The Hall–Kier alpha value is -6.92. The highest BCUT2D eigenvalue weighted by Gasteiger charge is 2.15. The van der Waals surface area contributed by atoms with Gasteiger partial charge in [-0.05, 0) is 72.0 Å². The Morgan fingerprint density at radius 3 is 1.40 bits per heavy atom. The molecular formula is C45H40N12O3P2. The highest BCUT2D eigenvalue weighted by molar-refractivity contribution is 7.61. The van der Waals surface area contributed by atoms with Gasteiger partial charge >= 0.3 is 0 Å². The third-order valence-corrected chi connectivity index (χ3v) is 12.1. The summed E-state index contributed by atoms with van der Waals surface area (Å²) in [5.41, 5.74) is 11.4. The summed E-state index contributed by atoms with van der Waals surface area (Å²) in [5.74, 6) is 0. The highest BCUT2D eigenvalue weighted by Crippen LogP contribution is 2.41. The predicted octanol–water partition coefficient (Wildman–Crippen LogP) is 8.49. The van der Waals surface area contributed by atoms with Crippen LogP contribution in [0.3, 0.4) is 0 Å². The first-order valence-corrected chi connectivity index (χ1v) is 24.8. The molecule has 1 unspecified atom stereocenters. The van der Waals surface area contributed by atoms with Gasteiger partial charge in [-0.1, -0.05) is 83.2 Å². The van der Waals surface area contributed by atoms with E-state index >= 15 is 0 Å². The first-order valence-electron chi connectivity index (χ1n) is 19.7. The van der Waals surface area contributed by atoms with Crippen LogP contribution in [0.1, 0.15) is 22.3 Å². The minimum Gasteiger partial charge on any atom is -0.344 e. The number of pyridine rings is 2. The van der Waals surface area contributed by atoms with Crippen molar-refractivity contribution < 1.29 is 14.0 Å². The van der Waals surface area contributed by atoms with E-state index in [-0.39, 0.29) is 6.16 Å². The summed E-state index contributed by atoms with van der Waals surface area (Å²) in [6.07, 6.45) is 7.68. The standard InChI is InChI=1S/C23H21N6OP.C22H19N6O2P/c1-31(2,30)15-16-5-8-18(9-6-16)21-13-25-22-23(26-21)29(28-27-22)14-17-7-10-20-19(12-17)4-3-11-24-20;1-31(29,30)14-15-4-7-17(8-5-15)20-12-24-21-22(25-20)28(27-26-21)13-16-6-9-19-18(11-16)3-2-10-23-19/h3-13H,14-15H2,1-2H3;2-12H,13-14H2,1H3,(H,29,30). The Bertz CT molecular complexity index is 3100. The molecule has 0 saturated heterocycles. The maximum Gasteiger partial charge on any atom is 0.221 e. The van der Waals surface area contributed by atoms with Crippen LogP contribution in [0.25, 0.3) is 66.9 Å². The summed E-state index contributed by atoms with van der Waals surface area (Å²) in [4.78, 5) is 36.6. The van der Waals surface area contributed by atoms with E-state index in [0.717, 1.165) is 60.9 Å². The van der Waals surface area contributed by atoms with Crippen LogP contribution in [-0.2, 0) is 34.5 Å². The molecule has 308 valence electrons. The van der Waals surface area contributed by atoms with Crippen LogP contribution < -0.4 is 0 Å². The molecular weight excluding hydrogens is 819 g/mol. The molecule has 0 fully saturated rings. The zero-order valence-corrected chi connectivity index (χ0v) is 35.8. The molecule has 10 rings (SSSR count). The average Bonchev–Trinajstić information content (AvgIpc) is 3.86. The Morgan fingerprint density at radius 2 is 0.968 bits per heavy atom. The lowest BCUT2D eigenvalue weighted by Gasteiger charge is -2.08. The third kappa shape index (κ3) is 9.50. The maximum atomic E-state index is 12.1. The topological polar surface area (TPSA) is 193 Å². The fourth-order valence-electron chi connectivity index (χ4n) is 7.13. The zero-order chi connectivity index (χ0) is 42.8. The Labute approximate surface area is 355 Å². The van der Waals surface area contributed by atoms with Gasteiger partial charge in [0.2, 0.25) is 18.7 Å². The lowest BCUT2D eigenvalue weighted by molar-refractivity contribution is 0.484. The van der Waals surface area contributed by atoms with Gasteiger partial charge in [-0.3, -0.25) is 14.5 Å². The molecule has 0 aliphatic heterocycles. The smallest absolute Gasteiger partial charge is 0.221 e. The van der Waals surface area contributed by atoms with Crippen LogP contribution in [0, 0.1) is 0 Å². The second-order valence-corrected chi connectivity index (χ2v) is 21.6. The summed E-state index contributed by atoms with van der Waals surface area (Å²) in [5, 5.41) is 18.9. The van der Waals surface area contributed by atoms with Crippen molar-refractivity contribution in [3.8, 4) is 22.5 Å². The maximum absolute atomic E-state index is 12.1. The van der Waals surface area contributed by atoms with Crippen LogP contribution in [0.5, 0.6) is 0 Å². The monoisotopic (exact) mass is 858 g/mol. The number of fused-ring (bicyclic) bond motifs is 4. The van der Waals surface area contributed by atoms with Gasteiger partial charge in [-0.25, -0.2) is 29.3 Å². The molecule has 17 heteroatoms. The predicted molar refractivity (Wildman–Crippen MR) is 241 cm³/mol. The summed E-state index contributed by atoms with van der Waals surface area (Å²) < 4.78 is 27.2. The number of nitrogens with zero attached hydrogens (tertiary/aromatic N) is 12. The number of hydrogen-bond donors (Lipinski definition) is 1. The summed E-state index contributed by atoms with van der Waals surface area (Å²) >= 11 is 0. The fourth-order valence-corrected chi connectivity index (χ4v) is 9.11. The van der Waals surface area contributed by atoms with Gasteiger partial charge in [0.15, 0.2) is 11.3 Å². The molecule has 6 aromatic heterocycles. The average molecular weight is 859 g/mol. The van der Waals surface area contributed by atoms with Gasteiger partial charge in [0.1, 0.15) is 0 Å². The van der Waals surface area contributed by atoms with E-state index in [4.69, 9.17) is 9.97 Å². The number of hydrogen-bond acceptors (Lipinski definition) is 12. The molecule has 0 aliphatic rings. The summed E-state index contributed by atoms with van der Waals surface area (Å²) in [7, 11) is -5.21. The van der Waals surface area contributed by atoms with Gasteiger partial charge in [-0.2, -0.15) is 0 Å². The van der Waals surface area contributed by atoms with Crippen LogP contribution in [-0.4, -0.2) is 84.8 Å². The Kier molecular flexibility index (Phi) is 11.0. The van der Waals surface area contributed by atoms with Crippen LogP contribution in [0.15, 0.2) is 134 Å². The fraction of sp³-hybridized carbons (Fsp3) is 0.156. The van der Waals surface area contributed by atoms with Crippen LogP contribution in [0.4, 0.5) is 0 Å². The van der Waals surface area contributed by atoms with Gasteiger partial charge in [0.05, 0.1) is 55.0 Å². The molecule has 0 radical (unpaired) electrons. The quantitative estimate of drug-likeness (QED) is 0.129. The van der Waals surface area contributed by atoms with Gasteiger partial charge in [-0.15, -0.1) is 10.2 Å². The van der Waals surface area contributed by atoms with E-state index in [0.29, 0.717) is 47.5 Å². The van der Waals surface area contributed by atoms with Crippen molar-refractivity contribution in [3.63, 3.8) is 0 Å². The van der Waals surface area contributed by atoms with Gasteiger partial charge in [0.25, 0.3) is 0 Å². The van der Waals surface area contributed by atoms with Crippen molar-refractivity contribution in [2.45, 2.75) is 25.4 Å². The van der Waals surface area contributed by atoms with Crippen LogP contribution in [0.2, 0.25) is 0 Å². The molecule has 1 N–H and O–H groups in total. The van der Waals surface area contributed by atoms with Crippen molar-refractivity contribution in [1.29, 1.82) is 0 Å². The molecule has 1 atom stereocenters. The molecule has 0 aliphatic carbocycles. The molecule has 0 bridgehead atoms. The van der Waals surface area contributed by atoms with Gasteiger partial charge < -0.3 is 9.46 Å². The molecule has 6 heterocycles. The van der Waals surface area contributed by atoms with E-state index in [1.165, 1.54) is 6.66 Å². The summed E-state index contributed by atoms with van der Waals surface area (Å²) in [6.45, 7) is 6.03. The number of aromatic nitrogens is 12. The minimum absolute atomic E-state index is 0.149. The van der Waals surface area contributed by atoms with E-state index in [1.807, 2.05) is 97.1 Å². The third-order valence-electron chi connectivity index (χ3n) is 9.99. The number of rotatable bonds is 10. The molecule has 10 aromatic rings. The normalized spacial score (nSPS) is 12.7. The minimum atomic E-state index is -3.11. The lowest BCUT2D eigenvalue weighted by Crippen LogP contribution is -2.03. The lowest BCUT2D eigenvalue weighted by atomic mass is 10.1. The molecule has 0 amide bonds. The Balaban J connectivity index is 0.000000158. The second-order valence-electron chi connectivity index (χ2n) is 15.7. The molecule has 62 heavy (non-hydrogen) atoms. The SMILES string of the molecule is CP(=O)(O)Cc1ccc(-c2cnc3nnn(Cc4ccc5ncccc5c4)c3n2)cc1.CP(C)(=O)Cc1ccc(-c2cnc3nnn(Cc4ccc5ncccc5c4)c3n2)cc1. The van der Waals surface area contributed by atoms with E-state index in [1.54, 1.807) is 47.5 Å². The van der Waals surface area contributed by atoms with Gasteiger partial charge in [0, 0.05) is 53.3 Å². The van der Waals surface area contributed by atoms with Crippen molar-refractivity contribution in [2.24, 2.45) is 0 Å². The largest absolute Gasteiger partial charge is 0.344 e. The van der Waals surface area contributed by atoms with Crippen molar-refractivity contribution in [2.75, 3.05) is 20.0 Å². The molecule has 0 saturated carbocycles. The van der Waals surface area contributed by atoms with E-state index in [2.05, 4.69) is 52.7 Å². The van der Waals surface area contributed by atoms with E-state index < -0.39 is 14.5 Å². The molecule has 15 nitrogen and oxygen atoms in total. The van der Waals surface area contributed by atoms with Crippen molar-refractivity contribution in [1.82, 2.24) is 59.9 Å². The Morgan fingerprint density at radius 1 is 0.532 bits per heavy atom. The zero-order valence-electron chi connectivity index (χ0n) is 34.1.